The highest BCUT2D eigenvalue weighted by Crippen LogP contribution is 2.15. The Morgan fingerprint density at radius 1 is 1.53 bits per heavy atom. The maximum absolute atomic E-state index is 8.37. The van der Waals surface area contributed by atoms with E-state index in [0.717, 1.165) is 12.1 Å². The minimum absolute atomic E-state index is 0.508. The lowest BCUT2D eigenvalue weighted by Crippen LogP contribution is -1.85. The maximum atomic E-state index is 8.37. The van der Waals surface area contributed by atoms with Crippen molar-refractivity contribution in [2.24, 2.45) is 0 Å². The zero-order chi connectivity index (χ0) is 10.5. The molecule has 76 valence electrons. The summed E-state index contributed by atoms with van der Waals surface area (Å²) in [5, 5.41) is 14.1. The number of nitrogens with zero attached hydrogens (tertiary/aromatic N) is 4. The Bertz CT molecular complexity index is 457. The van der Waals surface area contributed by atoms with Crippen LogP contribution in [0.2, 0.25) is 0 Å². The van der Waals surface area contributed by atoms with Crippen molar-refractivity contribution in [2.45, 2.75) is 19.3 Å². The van der Waals surface area contributed by atoms with Gasteiger partial charge in [0.2, 0.25) is 11.7 Å². The predicted octanol–water partition coefficient (Wildman–Crippen LogP) is 2.04. The van der Waals surface area contributed by atoms with Crippen LogP contribution in [0.4, 0.5) is 0 Å². The number of rotatable bonds is 4. The van der Waals surface area contributed by atoms with Crippen LogP contribution in [-0.4, -0.2) is 15.1 Å². The Kier molecular flexibility index (Phi) is 3.05. The van der Waals surface area contributed by atoms with Crippen LogP contribution in [0.5, 0.6) is 0 Å². The first-order valence-electron chi connectivity index (χ1n) is 4.48. The molecular weight excluding hydrogens is 212 g/mol. The van der Waals surface area contributed by atoms with Gasteiger partial charge in [-0.2, -0.15) is 10.2 Å². The Labute approximate surface area is 90.4 Å². The van der Waals surface area contributed by atoms with Crippen LogP contribution in [0.3, 0.4) is 0 Å². The summed E-state index contributed by atoms with van der Waals surface area (Å²) in [6.45, 7) is 0. The van der Waals surface area contributed by atoms with Gasteiger partial charge in [-0.1, -0.05) is 5.16 Å². The van der Waals surface area contributed by atoms with Gasteiger partial charge in [-0.15, -0.1) is 11.3 Å². The van der Waals surface area contributed by atoms with Gasteiger partial charge in [0, 0.05) is 18.2 Å². The third-order valence-electron chi connectivity index (χ3n) is 1.81. The van der Waals surface area contributed by atoms with Crippen LogP contribution >= 0.6 is 11.3 Å². The van der Waals surface area contributed by atoms with Crippen molar-refractivity contribution in [1.82, 2.24) is 15.1 Å². The Morgan fingerprint density at radius 2 is 2.47 bits per heavy atom. The van der Waals surface area contributed by atoms with Gasteiger partial charge in [-0.25, -0.2) is 4.98 Å². The number of thiazole rings is 1. The molecule has 0 aliphatic rings. The fourth-order valence-electron chi connectivity index (χ4n) is 1.10. The highest BCUT2D eigenvalue weighted by Gasteiger charge is 2.09. The molecule has 2 rings (SSSR count). The number of aryl methyl sites for hydroxylation is 1. The van der Waals surface area contributed by atoms with Crippen molar-refractivity contribution < 1.29 is 4.52 Å². The molecule has 2 heterocycles. The van der Waals surface area contributed by atoms with E-state index in [1.807, 2.05) is 5.38 Å². The summed E-state index contributed by atoms with van der Waals surface area (Å²) >= 11 is 1.49. The molecule has 0 N–H and O–H groups in total. The topological polar surface area (TPSA) is 75.6 Å². The van der Waals surface area contributed by atoms with E-state index in [1.54, 1.807) is 5.51 Å². The Balaban J connectivity index is 2.02. The summed E-state index contributed by atoms with van der Waals surface area (Å²) in [7, 11) is 0. The van der Waals surface area contributed by atoms with Crippen molar-refractivity contribution in [2.75, 3.05) is 0 Å². The first-order chi connectivity index (χ1) is 7.40. The van der Waals surface area contributed by atoms with Crippen LogP contribution in [0, 0.1) is 11.3 Å². The summed E-state index contributed by atoms with van der Waals surface area (Å²) in [4.78, 5) is 8.26. The molecular formula is C9H8N4OS. The van der Waals surface area contributed by atoms with Crippen LogP contribution in [0.15, 0.2) is 15.4 Å². The van der Waals surface area contributed by atoms with E-state index in [4.69, 9.17) is 9.78 Å². The zero-order valence-electron chi connectivity index (χ0n) is 7.88. The van der Waals surface area contributed by atoms with Gasteiger partial charge in [0.15, 0.2) is 0 Å². The first kappa shape index (κ1) is 9.80. The lowest BCUT2D eigenvalue weighted by atomic mass is 10.2. The van der Waals surface area contributed by atoms with E-state index in [2.05, 4.69) is 21.2 Å². The second kappa shape index (κ2) is 4.66. The molecule has 0 saturated carbocycles. The molecule has 0 bridgehead atoms. The highest BCUT2D eigenvalue weighted by molar-refractivity contribution is 7.07. The van der Waals surface area contributed by atoms with E-state index >= 15 is 0 Å². The molecule has 0 fully saturated rings. The minimum Gasteiger partial charge on any atom is -0.339 e. The molecule has 0 spiro atoms. The fraction of sp³-hybridized carbons (Fsp3) is 0.333. The molecule has 0 aromatic carbocycles. The number of hydrogen-bond donors (Lipinski definition) is 0. The van der Waals surface area contributed by atoms with Gasteiger partial charge < -0.3 is 4.52 Å². The van der Waals surface area contributed by atoms with Gasteiger partial charge in [0.25, 0.3) is 0 Å². The Morgan fingerprint density at radius 3 is 3.20 bits per heavy atom. The summed E-state index contributed by atoms with van der Waals surface area (Å²) in [5.41, 5.74) is 2.46. The average molecular weight is 220 g/mol. The third-order valence-corrected chi connectivity index (χ3v) is 2.40. The zero-order valence-corrected chi connectivity index (χ0v) is 8.70. The molecule has 0 atom stereocenters. The molecule has 0 aliphatic heterocycles. The average Bonchev–Trinajstić information content (AvgIpc) is 2.87. The van der Waals surface area contributed by atoms with Crippen LogP contribution in [0.1, 0.15) is 18.7 Å². The Hall–Kier alpha value is -1.74. The lowest BCUT2D eigenvalue weighted by Gasteiger charge is -1.86. The van der Waals surface area contributed by atoms with E-state index in [9.17, 15) is 0 Å². The lowest BCUT2D eigenvalue weighted by molar-refractivity contribution is 0.376. The van der Waals surface area contributed by atoms with Gasteiger partial charge in [-0.05, 0) is 6.42 Å². The molecule has 2 aromatic heterocycles. The number of unbranched alkanes of at least 4 members (excludes halogenated alkanes) is 1. The smallest absolute Gasteiger partial charge is 0.227 e. The summed E-state index contributed by atoms with van der Waals surface area (Å²) in [6, 6.07) is 2.07. The molecule has 0 amide bonds. The summed E-state index contributed by atoms with van der Waals surface area (Å²) < 4.78 is 5.03. The fourth-order valence-corrected chi connectivity index (χ4v) is 1.63. The molecule has 2 aromatic rings. The number of hydrogen-bond acceptors (Lipinski definition) is 6. The molecule has 5 nitrogen and oxygen atoms in total. The summed E-state index contributed by atoms with van der Waals surface area (Å²) in [6.07, 6.45) is 1.90. The SMILES string of the molecule is N#CCCCc1nc(-c2cscn2)no1. The van der Waals surface area contributed by atoms with Crippen LogP contribution < -0.4 is 0 Å². The molecule has 6 heteroatoms. The normalized spacial score (nSPS) is 10.1. The molecule has 0 radical (unpaired) electrons. The van der Waals surface area contributed by atoms with Gasteiger partial charge in [0.1, 0.15) is 5.69 Å². The second-order valence-corrected chi connectivity index (χ2v) is 3.62. The van der Waals surface area contributed by atoms with Crippen LogP contribution in [-0.2, 0) is 6.42 Å². The predicted molar refractivity (Wildman–Crippen MR) is 54.0 cm³/mol. The quantitative estimate of drug-likeness (QED) is 0.737. The third kappa shape index (κ3) is 2.39. The van der Waals surface area contributed by atoms with Crippen LogP contribution in [0.25, 0.3) is 11.5 Å². The molecule has 15 heavy (non-hydrogen) atoms. The van der Waals surface area contributed by atoms with Gasteiger partial charge in [-0.3, -0.25) is 0 Å². The standard InChI is InChI=1S/C9H8N4OS/c10-4-2-1-3-8-12-9(13-14-8)7-5-15-6-11-7/h5-6H,1-3H2. The number of aromatic nitrogens is 3. The molecule has 0 saturated heterocycles. The first-order valence-corrected chi connectivity index (χ1v) is 5.42. The molecule has 0 unspecified atom stereocenters. The van der Waals surface area contributed by atoms with E-state index in [1.165, 1.54) is 11.3 Å². The molecule has 0 aliphatic carbocycles. The minimum atomic E-state index is 0.508. The van der Waals surface area contributed by atoms with Crippen molar-refractivity contribution in [3.8, 4) is 17.6 Å². The maximum Gasteiger partial charge on any atom is 0.227 e. The second-order valence-electron chi connectivity index (χ2n) is 2.90. The van der Waals surface area contributed by atoms with Gasteiger partial charge in [0.05, 0.1) is 11.6 Å². The van der Waals surface area contributed by atoms with E-state index in [-0.39, 0.29) is 0 Å². The largest absolute Gasteiger partial charge is 0.339 e. The number of nitriles is 1. The van der Waals surface area contributed by atoms with E-state index in [0.29, 0.717) is 24.6 Å². The van der Waals surface area contributed by atoms with Crippen molar-refractivity contribution in [3.05, 3.63) is 16.8 Å². The van der Waals surface area contributed by atoms with Crippen molar-refractivity contribution >= 4 is 11.3 Å². The van der Waals surface area contributed by atoms with Crippen molar-refractivity contribution in [1.29, 1.82) is 5.26 Å². The van der Waals surface area contributed by atoms with Gasteiger partial charge >= 0.3 is 0 Å². The van der Waals surface area contributed by atoms with Crippen molar-refractivity contribution in [3.63, 3.8) is 0 Å². The summed E-state index contributed by atoms with van der Waals surface area (Å²) in [5.74, 6) is 1.08. The highest BCUT2D eigenvalue weighted by atomic mass is 32.1. The monoisotopic (exact) mass is 220 g/mol. The van der Waals surface area contributed by atoms with E-state index < -0.39 is 0 Å².